The van der Waals surface area contributed by atoms with E-state index in [2.05, 4.69) is 5.16 Å². The van der Waals surface area contributed by atoms with Crippen molar-refractivity contribution in [3.8, 4) is 5.75 Å². The van der Waals surface area contributed by atoms with E-state index in [4.69, 9.17) is 26.9 Å². The summed E-state index contributed by atoms with van der Waals surface area (Å²) in [5.41, 5.74) is 6.37. The SMILES string of the molecule is N/C(=N\OC(=O)COc1cccc2ccccc12)c1ccc(Cl)cc1. The van der Waals surface area contributed by atoms with Crippen LogP contribution in [0.25, 0.3) is 10.8 Å². The van der Waals surface area contributed by atoms with Crippen molar-refractivity contribution in [2.45, 2.75) is 0 Å². The van der Waals surface area contributed by atoms with Crippen molar-refractivity contribution in [1.82, 2.24) is 0 Å². The number of ether oxygens (including phenoxy) is 1. The highest BCUT2D eigenvalue weighted by Crippen LogP contribution is 2.25. The summed E-state index contributed by atoms with van der Waals surface area (Å²) in [4.78, 5) is 16.6. The van der Waals surface area contributed by atoms with Gasteiger partial charge < -0.3 is 15.3 Å². The highest BCUT2D eigenvalue weighted by molar-refractivity contribution is 6.30. The molecule has 0 aromatic heterocycles. The molecule has 0 heterocycles. The molecule has 0 unspecified atom stereocenters. The zero-order valence-corrected chi connectivity index (χ0v) is 13.9. The minimum atomic E-state index is -0.648. The fourth-order valence-corrected chi connectivity index (χ4v) is 2.38. The Labute approximate surface area is 149 Å². The zero-order valence-electron chi connectivity index (χ0n) is 13.2. The standard InChI is InChI=1S/C19H15ClN2O3/c20-15-10-8-14(9-11-15)19(21)22-25-18(23)12-24-17-7-3-5-13-4-1-2-6-16(13)17/h1-11H,12H2,(H2,21,22). The summed E-state index contributed by atoms with van der Waals surface area (Å²) in [5.74, 6) is 0.0322. The van der Waals surface area contributed by atoms with Crippen molar-refractivity contribution in [2.24, 2.45) is 10.9 Å². The maximum atomic E-state index is 11.8. The predicted octanol–water partition coefficient (Wildman–Crippen LogP) is 3.74. The molecule has 6 heteroatoms. The van der Waals surface area contributed by atoms with Gasteiger partial charge in [-0.1, -0.05) is 53.2 Å². The number of nitrogens with zero attached hydrogens (tertiary/aromatic N) is 1. The van der Waals surface area contributed by atoms with Gasteiger partial charge in [0.05, 0.1) is 0 Å². The molecule has 0 radical (unpaired) electrons. The summed E-state index contributed by atoms with van der Waals surface area (Å²) in [6.07, 6.45) is 0. The highest BCUT2D eigenvalue weighted by Gasteiger charge is 2.08. The normalized spacial score (nSPS) is 11.3. The van der Waals surface area contributed by atoms with Crippen LogP contribution >= 0.6 is 11.6 Å². The fourth-order valence-electron chi connectivity index (χ4n) is 2.26. The third-order valence-corrected chi connectivity index (χ3v) is 3.73. The van der Waals surface area contributed by atoms with Gasteiger partial charge in [-0.2, -0.15) is 0 Å². The van der Waals surface area contributed by atoms with Gasteiger partial charge in [-0.3, -0.25) is 0 Å². The van der Waals surface area contributed by atoms with Gasteiger partial charge in [0.25, 0.3) is 0 Å². The lowest BCUT2D eigenvalue weighted by Crippen LogP contribution is -2.18. The number of halogens is 1. The molecule has 25 heavy (non-hydrogen) atoms. The molecule has 0 spiro atoms. The number of carbonyl (C=O) groups excluding carboxylic acids is 1. The Morgan fingerprint density at radius 3 is 2.52 bits per heavy atom. The van der Waals surface area contributed by atoms with E-state index >= 15 is 0 Å². The summed E-state index contributed by atoms with van der Waals surface area (Å²) >= 11 is 5.80. The van der Waals surface area contributed by atoms with Gasteiger partial charge in [-0.25, -0.2) is 4.79 Å². The summed E-state index contributed by atoms with van der Waals surface area (Å²) in [7, 11) is 0. The molecule has 5 nitrogen and oxygen atoms in total. The molecule has 126 valence electrons. The number of fused-ring (bicyclic) bond motifs is 1. The Kier molecular flexibility index (Phi) is 5.16. The lowest BCUT2D eigenvalue weighted by molar-refractivity contribution is -0.146. The number of rotatable bonds is 5. The van der Waals surface area contributed by atoms with Crippen LogP contribution in [0.4, 0.5) is 0 Å². The first-order valence-electron chi connectivity index (χ1n) is 7.53. The average molecular weight is 355 g/mol. The monoisotopic (exact) mass is 354 g/mol. The van der Waals surface area contributed by atoms with E-state index in [1.807, 2.05) is 36.4 Å². The molecule has 3 aromatic rings. The molecule has 0 saturated heterocycles. The number of oxime groups is 1. The maximum absolute atomic E-state index is 11.8. The molecule has 0 bridgehead atoms. The van der Waals surface area contributed by atoms with Crippen LogP contribution in [0.2, 0.25) is 5.02 Å². The van der Waals surface area contributed by atoms with Gasteiger partial charge in [-0.15, -0.1) is 0 Å². The van der Waals surface area contributed by atoms with Crippen LogP contribution in [0.15, 0.2) is 71.9 Å². The van der Waals surface area contributed by atoms with Gasteiger partial charge in [0, 0.05) is 16.0 Å². The van der Waals surface area contributed by atoms with Crippen LogP contribution in [0, 0.1) is 0 Å². The van der Waals surface area contributed by atoms with Crippen LogP contribution in [0.5, 0.6) is 5.75 Å². The molecule has 0 saturated carbocycles. The van der Waals surface area contributed by atoms with Crippen molar-refractivity contribution >= 4 is 34.2 Å². The first-order valence-corrected chi connectivity index (χ1v) is 7.91. The molecule has 0 fully saturated rings. The van der Waals surface area contributed by atoms with Gasteiger partial charge in [0.2, 0.25) is 0 Å². The van der Waals surface area contributed by atoms with E-state index in [0.29, 0.717) is 16.3 Å². The number of nitrogens with two attached hydrogens (primary N) is 1. The second-order valence-corrected chi connectivity index (χ2v) is 5.65. The van der Waals surface area contributed by atoms with Gasteiger partial charge in [0.1, 0.15) is 5.75 Å². The highest BCUT2D eigenvalue weighted by atomic mass is 35.5. The average Bonchev–Trinajstić information content (AvgIpc) is 2.65. The molecular formula is C19H15ClN2O3. The van der Waals surface area contributed by atoms with E-state index in [1.165, 1.54) is 0 Å². The van der Waals surface area contributed by atoms with Gasteiger partial charge in [-0.05, 0) is 35.7 Å². The Balaban J connectivity index is 1.61. The second kappa shape index (κ2) is 7.68. The van der Waals surface area contributed by atoms with E-state index in [0.717, 1.165) is 10.8 Å². The maximum Gasteiger partial charge on any atom is 0.372 e. The Bertz CT molecular complexity index is 918. The third-order valence-electron chi connectivity index (χ3n) is 3.48. The summed E-state index contributed by atoms with van der Waals surface area (Å²) in [6.45, 7) is -0.272. The summed E-state index contributed by atoms with van der Waals surface area (Å²) in [5, 5.41) is 6.15. The molecule has 0 atom stereocenters. The van der Waals surface area contributed by atoms with E-state index in [-0.39, 0.29) is 12.4 Å². The van der Waals surface area contributed by atoms with Crippen LogP contribution in [-0.2, 0) is 9.63 Å². The first kappa shape index (κ1) is 16.8. The second-order valence-electron chi connectivity index (χ2n) is 5.21. The topological polar surface area (TPSA) is 73.9 Å². The van der Waals surface area contributed by atoms with Crippen molar-refractivity contribution in [3.63, 3.8) is 0 Å². The number of hydrogen-bond acceptors (Lipinski definition) is 4. The molecule has 0 aliphatic rings. The molecule has 3 aromatic carbocycles. The lowest BCUT2D eigenvalue weighted by Gasteiger charge is -2.08. The Morgan fingerprint density at radius 2 is 1.72 bits per heavy atom. The molecule has 3 rings (SSSR count). The summed E-state index contributed by atoms with van der Waals surface area (Å²) in [6, 6.07) is 20.1. The van der Waals surface area contributed by atoms with E-state index in [1.54, 1.807) is 30.3 Å². The zero-order chi connectivity index (χ0) is 17.6. The van der Waals surface area contributed by atoms with Crippen LogP contribution < -0.4 is 10.5 Å². The Morgan fingerprint density at radius 1 is 1.00 bits per heavy atom. The lowest BCUT2D eigenvalue weighted by atomic mass is 10.1. The van der Waals surface area contributed by atoms with Crippen molar-refractivity contribution in [1.29, 1.82) is 0 Å². The van der Waals surface area contributed by atoms with Crippen molar-refractivity contribution in [3.05, 3.63) is 77.3 Å². The number of benzene rings is 3. The van der Waals surface area contributed by atoms with Crippen LogP contribution in [-0.4, -0.2) is 18.4 Å². The van der Waals surface area contributed by atoms with Gasteiger partial charge >= 0.3 is 5.97 Å². The van der Waals surface area contributed by atoms with Crippen LogP contribution in [0.3, 0.4) is 0 Å². The van der Waals surface area contributed by atoms with Crippen molar-refractivity contribution < 1.29 is 14.4 Å². The smallest absolute Gasteiger partial charge is 0.372 e. The minimum Gasteiger partial charge on any atom is -0.481 e. The molecule has 0 aliphatic carbocycles. The largest absolute Gasteiger partial charge is 0.481 e. The third kappa shape index (κ3) is 4.28. The molecule has 0 aliphatic heterocycles. The predicted molar refractivity (Wildman–Crippen MR) is 97.7 cm³/mol. The minimum absolute atomic E-state index is 0.0789. The summed E-state index contributed by atoms with van der Waals surface area (Å²) < 4.78 is 5.53. The quantitative estimate of drug-likeness (QED) is 0.328. The van der Waals surface area contributed by atoms with Crippen molar-refractivity contribution in [2.75, 3.05) is 6.61 Å². The van der Waals surface area contributed by atoms with E-state index < -0.39 is 5.97 Å². The first-order chi connectivity index (χ1) is 12.1. The molecule has 2 N–H and O–H groups in total. The van der Waals surface area contributed by atoms with E-state index in [9.17, 15) is 4.79 Å². The van der Waals surface area contributed by atoms with Gasteiger partial charge in [0.15, 0.2) is 12.4 Å². The number of hydrogen-bond donors (Lipinski definition) is 1. The number of carbonyl (C=O) groups is 1. The molecular weight excluding hydrogens is 340 g/mol. The fraction of sp³-hybridized carbons (Fsp3) is 0.0526. The Hall–Kier alpha value is -3.05. The molecule has 0 amide bonds. The van der Waals surface area contributed by atoms with Crippen LogP contribution in [0.1, 0.15) is 5.56 Å². The number of amidine groups is 1.